The van der Waals surface area contributed by atoms with Gasteiger partial charge in [0.05, 0.1) is 16.1 Å². The van der Waals surface area contributed by atoms with Crippen LogP contribution in [0.2, 0.25) is 0 Å². The Morgan fingerprint density at radius 2 is 2.27 bits per heavy atom. The zero-order valence-electron chi connectivity index (χ0n) is 9.29. The van der Waals surface area contributed by atoms with Crippen molar-refractivity contribution in [1.29, 1.82) is 0 Å². The van der Waals surface area contributed by atoms with E-state index in [4.69, 9.17) is 0 Å². The second kappa shape index (κ2) is 4.94. The van der Waals surface area contributed by atoms with Crippen LogP contribution in [-0.2, 0) is 0 Å². The molecule has 84 valence electrons. The first-order valence-electron chi connectivity index (χ1n) is 5.04. The van der Waals surface area contributed by atoms with Gasteiger partial charge in [-0.05, 0) is 48.3 Å². The standard InChI is InChI=1S/C11H17BrN2O/c1-4-9(11(2,3)15)14-10-8(12)6-5-7-13-10/h5-7,9,15H,4H2,1-3H3,(H,13,14). The number of pyridine rings is 1. The fraction of sp³-hybridized carbons (Fsp3) is 0.545. The van der Waals surface area contributed by atoms with E-state index in [1.165, 1.54) is 0 Å². The van der Waals surface area contributed by atoms with Gasteiger partial charge in [-0.1, -0.05) is 6.92 Å². The van der Waals surface area contributed by atoms with Crippen molar-refractivity contribution >= 4 is 21.7 Å². The van der Waals surface area contributed by atoms with Crippen molar-refractivity contribution in [3.05, 3.63) is 22.8 Å². The molecule has 1 aromatic rings. The van der Waals surface area contributed by atoms with E-state index < -0.39 is 5.60 Å². The molecule has 0 aliphatic rings. The second-order valence-electron chi connectivity index (χ2n) is 4.09. The summed E-state index contributed by atoms with van der Waals surface area (Å²) < 4.78 is 0.910. The minimum Gasteiger partial charge on any atom is -0.388 e. The van der Waals surface area contributed by atoms with E-state index in [1.54, 1.807) is 20.0 Å². The summed E-state index contributed by atoms with van der Waals surface area (Å²) in [6, 6.07) is 3.77. The van der Waals surface area contributed by atoms with E-state index in [9.17, 15) is 5.11 Å². The normalized spacial score (nSPS) is 13.7. The average molecular weight is 273 g/mol. The Kier molecular flexibility index (Phi) is 4.11. The SMILES string of the molecule is CCC(Nc1ncccc1Br)C(C)(C)O. The van der Waals surface area contributed by atoms with Crippen molar-refractivity contribution in [3.8, 4) is 0 Å². The topological polar surface area (TPSA) is 45.2 Å². The average Bonchev–Trinajstić information content (AvgIpc) is 2.14. The van der Waals surface area contributed by atoms with Crippen molar-refractivity contribution in [3.63, 3.8) is 0 Å². The van der Waals surface area contributed by atoms with Crippen LogP contribution in [-0.4, -0.2) is 21.7 Å². The molecule has 4 heteroatoms. The fourth-order valence-electron chi connectivity index (χ4n) is 1.44. The highest BCUT2D eigenvalue weighted by molar-refractivity contribution is 9.10. The third kappa shape index (κ3) is 3.47. The Hall–Kier alpha value is -0.610. The lowest BCUT2D eigenvalue weighted by atomic mass is 9.97. The third-order valence-electron chi connectivity index (χ3n) is 2.33. The Morgan fingerprint density at radius 3 is 2.73 bits per heavy atom. The molecule has 0 saturated heterocycles. The van der Waals surface area contributed by atoms with Gasteiger partial charge in [-0.3, -0.25) is 0 Å². The second-order valence-corrected chi connectivity index (χ2v) is 4.95. The van der Waals surface area contributed by atoms with Crippen LogP contribution in [0, 0.1) is 0 Å². The molecule has 0 saturated carbocycles. The maximum atomic E-state index is 9.92. The van der Waals surface area contributed by atoms with Crippen molar-refractivity contribution in [1.82, 2.24) is 4.98 Å². The summed E-state index contributed by atoms with van der Waals surface area (Å²) in [5.74, 6) is 0.770. The number of nitrogens with zero attached hydrogens (tertiary/aromatic N) is 1. The summed E-state index contributed by atoms with van der Waals surface area (Å²) >= 11 is 3.41. The predicted molar refractivity (Wildman–Crippen MR) is 65.9 cm³/mol. The van der Waals surface area contributed by atoms with Crippen LogP contribution >= 0.6 is 15.9 Å². The summed E-state index contributed by atoms with van der Waals surface area (Å²) in [6.45, 7) is 5.63. The minimum absolute atomic E-state index is 0.0105. The number of rotatable bonds is 4. The number of aromatic nitrogens is 1. The Balaban J connectivity index is 2.80. The molecule has 0 amide bonds. The molecular weight excluding hydrogens is 256 g/mol. The van der Waals surface area contributed by atoms with Gasteiger partial charge < -0.3 is 10.4 Å². The van der Waals surface area contributed by atoms with Gasteiger partial charge >= 0.3 is 0 Å². The first kappa shape index (κ1) is 12.5. The van der Waals surface area contributed by atoms with Gasteiger partial charge in [-0.15, -0.1) is 0 Å². The summed E-state index contributed by atoms with van der Waals surface area (Å²) in [6.07, 6.45) is 2.57. The van der Waals surface area contributed by atoms with Crippen LogP contribution in [0.25, 0.3) is 0 Å². The van der Waals surface area contributed by atoms with Gasteiger partial charge in [0.15, 0.2) is 0 Å². The third-order valence-corrected chi connectivity index (χ3v) is 2.97. The van der Waals surface area contributed by atoms with Crippen LogP contribution in [0.5, 0.6) is 0 Å². The van der Waals surface area contributed by atoms with Crippen molar-refractivity contribution in [2.45, 2.75) is 38.8 Å². The quantitative estimate of drug-likeness (QED) is 0.886. The summed E-state index contributed by atoms with van der Waals surface area (Å²) in [5.41, 5.74) is -0.758. The molecule has 0 aromatic carbocycles. The van der Waals surface area contributed by atoms with Crippen LogP contribution in [0.1, 0.15) is 27.2 Å². The maximum Gasteiger partial charge on any atom is 0.140 e. The van der Waals surface area contributed by atoms with E-state index in [0.29, 0.717) is 0 Å². The van der Waals surface area contributed by atoms with E-state index in [-0.39, 0.29) is 6.04 Å². The highest BCUT2D eigenvalue weighted by Crippen LogP contribution is 2.23. The van der Waals surface area contributed by atoms with Gasteiger partial charge in [0.25, 0.3) is 0 Å². The molecule has 15 heavy (non-hydrogen) atoms. The summed E-state index contributed by atoms with van der Waals surface area (Å²) in [7, 11) is 0. The molecule has 0 spiro atoms. The number of aliphatic hydroxyl groups is 1. The van der Waals surface area contributed by atoms with Gasteiger partial charge in [0, 0.05) is 6.20 Å². The van der Waals surface area contributed by atoms with Crippen molar-refractivity contribution < 1.29 is 5.11 Å². The zero-order valence-corrected chi connectivity index (χ0v) is 10.9. The summed E-state index contributed by atoms with van der Waals surface area (Å²) in [4.78, 5) is 4.21. The lowest BCUT2D eigenvalue weighted by Gasteiger charge is -2.29. The fourth-order valence-corrected chi connectivity index (χ4v) is 1.80. The zero-order chi connectivity index (χ0) is 11.5. The number of hydrogen-bond acceptors (Lipinski definition) is 3. The van der Waals surface area contributed by atoms with E-state index in [1.807, 2.05) is 19.1 Å². The number of halogens is 1. The molecule has 0 radical (unpaired) electrons. The van der Waals surface area contributed by atoms with Crippen molar-refractivity contribution in [2.24, 2.45) is 0 Å². The molecule has 3 nitrogen and oxygen atoms in total. The van der Waals surface area contributed by atoms with Gasteiger partial charge in [0.2, 0.25) is 0 Å². The lowest BCUT2D eigenvalue weighted by molar-refractivity contribution is 0.0578. The molecule has 0 aliphatic heterocycles. The van der Waals surface area contributed by atoms with Crippen LogP contribution in [0.4, 0.5) is 5.82 Å². The summed E-state index contributed by atoms with van der Waals surface area (Å²) in [5, 5.41) is 13.2. The van der Waals surface area contributed by atoms with Gasteiger partial charge in [0.1, 0.15) is 5.82 Å². The van der Waals surface area contributed by atoms with Crippen molar-refractivity contribution in [2.75, 3.05) is 5.32 Å². The van der Waals surface area contributed by atoms with Crippen LogP contribution < -0.4 is 5.32 Å². The molecular formula is C11H17BrN2O. The molecule has 0 aliphatic carbocycles. The lowest BCUT2D eigenvalue weighted by Crippen LogP contribution is -2.41. The van der Waals surface area contributed by atoms with E-state index in [0.717, 1.165) is 16.7 Å². The van der Waals surface area contributed by atoms with E-state index in [2.05, 4.69) is 26.2 Å². The molecule has 2 N–H and O–H groups in total. The number of anilines is 1. The Morgan fingerprint density at radius 1 is 1.60 bits per heavy atom. The first-order valence-corrected chi connectivity index (χ1v) is 5.84. The molecule has 1 atom stereocenters. The molecule has 1 rings (SSSR count). The minimum atomic E-state index is -0.758. The van der Waals surface area contributed by atoms with Gasteiger partial charge in [-0.2, -0.15) is 0 Å². The molecule has 1 aromatic heterocycles. The van der Waals surface area contributed by atoms with E-state index >= 15 is 0 Å². The monoisotopic (exact) mass is 272 g/mol. The molecule has 0 bridgehead atoms. The van der Waals surface area contributed by atoms with Crippen LogP contribution in [0.15, 0.2) is 22.8 Å². The van der Waals surface area contributed by atoms with Crippen LogP contribution in [0.3, 0.4) is 0 Å². The molecule has 1 heterocycles. The predicted octanol–water partition coefficient (Wildman–Crippen LogP) is 2.81. The van der Waals surface area contributed by atoms with Gasteiger partial charge in [-0.25, -0.2) is 4.98 Å². The Bertz CT molecular complexity index is 323. The first-order chi connectivity index (χ1) is 6.95. The highest BCUT2D eigenvalue weighted by atomic mass is 79.9. The molecule has 1 unspecified atom stereocenters. The largest absolute Gasteiger partial charge is 0.388 e. The smallest absolute Gasteiger partial charge is 0.140 e. The number of hydrogen-bond donors (Lipinski definition) is 2. The number of nitrogens with one attached hydrogen (secondary N) is 1. The maximum absolute atomic E-state index is 9.92. The molecule has 0 fully saturated rings. The highest BCUT2D eigenvalue weighted by Gasteiger charge is 2.25. The Labute approximate surface area is 99.1 Å².